The van der Waals surface area contributed by atoms with E-state index in [4.69, 9.17) is 0 Å². The maximum atomic E-state index is 13.4. The van der Waals surface area contributed by atoms with Crippen molar-refractivity contribution in [2.45, 2.75) is 38.6 Å². The maximum absolute atomic E-state index is 13.4. The molecule has 1 saturated heterocycles. The molecule has 0 aromatic heterocycles. The van der Waals surface area contributed by atoms with Crippen LogP contribution in [-0.2, 0) is 11.2 Å². The summed E-state index contributed by atoms with van der Waals surface area (Å²) >= 11 is 0. The molecule has 0 bridgehead atoms. The van der Waals surface area contributed by atoms with Crippen molar-refractivity contribution in [3.63, 3.8) is 0 Å². The third-order valence-electron chi connectivity index (χ3n) is 5.19. The first-order valence-electron chi connectivity index (χ1n) is 9.46. The number of nitro groups is 1. The summed E-state index contributed by atoms with van der Waals surface area (Å²) in [6.07, 6.45) is 3.17. The molecule has 1 atom stereocenters. The van der Waals surface area contributed by atoms with Crippen molar-refractivity contribution in [1.29, 1.82) is 0 Å². The fourth-order valence-corrected chi connectivity index (χ4v) is 3.67. The Hall–Kier alpha value is -2.80. The topological polar surface area (TPSA) is 75.5 Å². The highest BCUT2D eigenvalue weighted by Gasteiger charge is 2.25. The average molecular weight is 385 g/mol. The number of halogens is 1. The van der Waals surface area contributed by atoms with Crippen LogP contribution in [0.15, 0.2) is 42.5 Å². The summed E-state index contributed by atoms with van der Waals surface area (Å²) in [6, 6.07) is 11.4. The Morgan fingerprint density at radius 1 is 1.32 bits per heavy atom. The van der Waals surface area contributed by atoms with Crippen molar-refractivity contribution < 1.29 is 14.1 Å². The highest BCUT2D eigenvalue weighted by atomic mass is 19.1. The Balaban J connectivity index is 1.55. The molecule has 0 radical (unpaired) electrons. The summed E-state index contributed by atoms with van der Waals surface area (Å²) in [7, 11) is 0. The van der Waals surface area contributed by atoms with Crippen molar-refractivity contribution >= 4 is 17.3 Å². The van der Waals surface area contributed by atoms with Gasteiger partial charge in [0.1, 0.15) is 5.82 Å². The molecule has 28 heavy (non-hydrogen) atoms. The van der Waals surface area contributed by atoms with Crippen molar-refractivity contribution in [3.8, 4) is 0 Å². The first kappa shape index (κ1) is 19.9. The van der Waals surface area contributed by atoms with Crippen LogP contribution in [0.5, 0.6) is 0 Å². The molecule has 3 rings (SSSR count). The van der Waals surface area contributed by atoms with E-state index in [1.54, 1.807) is 25.1 Å². The number of hydrogen-bond acceptors (Lipinski definition) is 4. The van der Waals surface area contributed by atoms with Crippen molar-refractivity contribution in [1.82, 2.24) is 4.90 Å². The second-order valence-corrected chi connectivity index (χ2v) is 7.22. The van der Waals surface area contributed by atoms with Gasteiger partial charge in [0.15, 0.2) is 0 Å². The Bertz CT molecular complexity index is 872. The van der Waals surface area contributed by atoms with Gasteiger partial charge in [-0.2, -0.15) is 0 Å². The van der Waals surface area contributed by atoms with Gasteiger partial charge < -0.3 is 5.32 Å². The molecule has 0 spiro atoms. The molecule has 1 N–H and O–H groups in total. The maximum Gasteiger partial charge on any atom is 0.271 e. The van der Waals surface area contributed by atoms with Gasteiger partial charge in [0, 0.05) is 31.1 Å². The highest BCUT2D eigenvalue weighted by molar-refractivity contribution is 5.92. The summed E-state index contributed by atoms with van der Waals surface area (Å²) in [5.74, 6) is -0.395. The zero-order valence-electron chi connectivity index (χ0n) is 15.9. The third-order valence-corrected chi connectivity index (χ3v) is 5.19. The van der Waals surface area contributed by atoms with Crippen LogP contribution in [0.4, 0.5) is 15.8 Å². The molecular formula is C21H24FN3O3. The lowest BCUT2D eigenvalue weighted by Crippen LogP contribution is -2.33. The van der Waals surface area contributed by atoms with Crippen LogP contribution < -0.4 is 5.32 Å². The molecule has 7 heteroatoms. The first-order chi connectivity index (χ1) is 13.4. The lowest BCUT2D eigenvalue weighted by Gasteiger charge is -2.24. The molecule has 1 unspecified atom stereocenters. The van der Waals surface area contributed by atoms with Gasteiger partial charge in [0.25, 0.3) is 5.69 Å². The number of carbonyl (C=O) groups excluding carboxylic acids is 1. The van der Waals surface area contributed by atoms with E-state index in [0.717, 1.165) is 36.9 Å². The summed E-state index contributed by atoms with van der Waals surface area (Å²) in [6.45, 7) is 3.33. The van der Waals surface area contributed by atoms with Gasteiger partial charge in [-0.25, -0.2) is 4.39 Å². The van der Waals surface area contributed by atoms with E-state index in [9.17, 15) is 19.3 Å². The number of benzene rings is 2. The predicted molar refractivity (Wildman–Crippen MR) is 106 cm³/mol. The van der Waals surface area contributed by atoms with E-state index in [1.165, 1.54) is 18.2 Å². The molecule has 2 aromatic carbocycles. The minimum atomic E-state index is -0.476. The van der Waals surface area contributed by atoms with E-state index >= 15 is 0 Å². The van der Waals surface area contributed by atoms with Crippen molar-refractivity contribution in [2.75, 3.05) is 18.4 Å². The minimum absolute atomic E-state index is 0.0457. The van der Waals surface area contributed by atoms with Gasteiger partial charge in [-0.1, -0.05) is 18.2 Å². The summed E-state index contributed by atoms with van der Waals surface area (Å²) in [4.78, 5) is 25.1. The number of non-ortho nitro benzene ring substituents is 1. The largest absolute Gasteiger partial charge is 0.326 e. The lowest BCUT2D eigenvalue weighted by molar-refractivity contribution is -0.384. The predicted octanol–water partition coefficient (Wildman–Crippen LogP) is 4.08. The second-order valence-electron chi connectivity index (χ2n) is 7.22. The molecule has 2 aromatic rings. The fourth-order valence-electron chi connectivity index (χ4n) is 3.67. The number of nitro benzene ring substituents is 1. The van der Waals surface area contributed by atoms with Gasteiger partial charge in [0.05, 0.1) is 10.6 Å². The Morgan fingerprint density at radius 3 is 2.89 bits per heavy atom. The molecule has 1 fully saturated rings. The third kappa shape index (κ3) is 5.13. The number of likely N-dealkylation sites (tertiary alicyclic amines) is 1. The van der Waals surface area contributed by atoms with Gasteiger partial charge in [-0.15, -0.1) is 0 Å². The first-order valence-corrected chi connectivity index (χ1v) is 9.46. The SMILES string of the molecule is Cc1ccc([N+](=O)[O-])cc1NC(=O)CCN1CCCC1Cc1cccc(F)c1. The van der Waals surface area contributed by atoms with E-state index in [-0.39, 0.29) is 17.4 Å². The van der Waals surface area contributed by atoms with Crippen LogP contribution >= 0.6 is 0 Å². The molecule has 0 saturated carbocycles. The molecule has 148 valence electrons. The molecule has 1 aliphatic heterocycles. The molecule has 1 amide bonds. The Labute approximate surface area is 163 Å². The summed E-state index contributed by atoms with van der Waals surface area (Å²) < 4.78 is 13.4. The number of aryl methyl sites for hydroxylation is 1. The molecule has 6 nitrogen and oxygen atoms in total. The van der Waals surface area contributed by atoms with E-state index in [0.29, 0.717) is 24.7 Å². The highest BCUT2D eigenvalue weighted by Crippen LogP contribution is 2.23. The number of nitrogens with one attached hydrogen (secondary N) is 1. The standard InChI is InChI=1S/C21H24FN3O3/c1-15-7-8-19(25(27)28)14-20(15)23-21(26)9-11-24-10-3-6-18(24)13-16-4-2-5-17(22)12-16/h2,4-5,7-8,12,14,18H,3,6,9-11,13H2,1H3,(H,23,26). The Kier molecular flexibility index (Phi) is 6.36. The number of hydrogen-bond donors (Lipinski definition) is 1. The average Bonchev–Trinajstić information content (AvgIpc) is 3.08. The number of carbonyl (C=O) groups is 1. The molecule has 1 aliphatic rings. The number of anilines is 1. The fraction of sp³-hybridized carbons (Fsp3) is 0.381. The lowest BCUT2D eigenvalue weighted by atomic mass is 10.0. The zero-order chi connectivity index (χ0) is 20.1. The van der Waals surface area contributed by atoms with Crippen LogP contribution in [0.25, 0.3) is 0 Å². The number of rotatable bonds is 7. The van der Waals surface area contributed by atoms with Crippen molar-refractivity contribution in [2.24, 2.45) is 0 Å². The minimum Gasteiger partial charge on any atom is -0.326 e. The Morgan fingerprint density at radius 2 is 2.14 bits per heavy atom. The van der Waals surface area contributed by atoms with Gasteiger partial charge >= 0.3 is 0 Å². The van der Waals surface area contributed by atoms with E-state index in [2.05, 4.69) is 10.2 Å². The normalized spacial score (nSPS) is 16.9. The van der Waals surface area contributed by atoms with E-state index < -0.39 is 4.92 Å². The smallest absolute Gasteiger partial charge is 0.271 e. The second kappa shape index (κ2) is 8.93. The quantitative estimate of drug-likeness (QED) is 0.576. The molecular weight excluding hydrogens is 361 g/mol. The van der Waals surface area contributed by atoms with Crippen LogP contribution in [-0.4, -0.2) is 34.9 Å². The van der Waals surface area contributed by atoms with E-state index in [1.807, 2.05) is 6.07 Å². The van der Waals surface area contributed by atoms with Crippen LogP contribution in [0, 0.1) is 22.9 Å². The summed E-state index contributed by atoms with van der Waals surface area (Å²) in [5.41, 5.74) is 2.17. The van der Waals surface area contributed by atoms with Gasteiger partial charge in [0.2, 0.25) is 5.91 Å². The number of amides is 1. The van der Waals surface area contributed by atoms with Crippen LogP contribution in [0.1, 0.15) is 30.4 Å². The number of nitrogens with zero attached hydrogens (tertiary/aromatic N) is 2. The van der Waals surface area contributed by atoms with Crippen molar-refractivity contribution in [3.05, 3.63) is 69.5 Å². The summed E-state index contributed by atoms with van der Waals surface area (Å²) in [5, 5.41) is 13.7. The van der Waals surface area contributed by atoms with Crippen LogP contribution in [0.3, 0.4) is 0 Å². The molecule has 1 heterocycles. The van der Waals surface area contributed by atoms with Crippen LogP contribution in [0.2, 0.25) is 0 Å². The van der Waals surface area contributed by atoms with Gasteiger partial charge in [-0.3, -0.25) is 19.8 Å². The zero-order valence-corrected chi connectivity index (χ0v) is 15.9. The van der Waals surface area contributed by atoms with Gasteiger partial charge in [-0.05, 0) is 56.0 Å². The monoisotopic (exact) mass is 385 g/mol. The molecule has 0 aliphatic carbocycles.